The van der Waals surface area contributed by atoms with Crippen LogP contribution >= 0.6 is 12.2 Å². The van der Waals surface area contributed by atoms with E-state index in [4.69, 9.17) is 12.2 Å². The third kappa shape index (κ3) is 7.03. The van der Waals surface area contributed by atoms with Crippen LogP contribution < -0.4 is 16.0 Å². The van der Waals surface area contributed by atoms with Crippen molar-refractivity contribution in [3.63, 3.8) is 0 Å². The Hall–Kier alpha value is -2.99. The summed E-state index contributed by atoms with van der Waals surface area (Å²) >= 11 is 5.14. The molecule has 0 heterocycles. The molecule has 6 heteroatoms. The van der Waals surface area contributed by atoms with E-state index in [1.54, 1.807) is 30.3 Å². The molecule has 0 aromatic heterocycles. The first-order valence-electron chi connectivity index (χ1n) is 8.74. The van der Waals surface area contributed by atoms with Crippen molar-refractivity contribution in [3.8, 4) is 0 Å². The van der Waals surface area contributed by atoms with Gasteiger partial charge in [0.2, 0.25) is 5.91 Å². The fourth-order valence-electron chi connectivity index (χ4n) is 2.17. The maximum atomic E-state index is 12.1. The molecule has 0 saturated heterocycles. The molecule has 3 N–H and O–H groups in total. The van der Waals surface area contributed by atoms with E-state index in [-0.39, 0.29) is 23.0 Å². The second-order valence-corrected chi connectivity index (χ2v) is 6.46. The van der Waals surface area contributed by atoms with Gasteiger partial charge in [0.15, 0.2) is 5.11 Å². The third-order valence-corrected chi connectivity index (χ3v) is 4.06. The van der Waals surface area contributed by atoms with Crippen molar-refractivity contribution in [2.45, 2.75) is 26.3 Å². The van der Waals surface area contributed by atoms with Crippen molar-refractivity contribution < 1.29 is 9.59 Å². The number of anilines is 1. The molecular weight excluding hydrogens is 358 g/mol. The molecule has 0 aliphatic rings. The smallest absolute Gasteiger partial charge is 0.251 e. The van der Waals surface area contributed by atoms with Crippen LogP contribution in [0.2, 0.25) is 0 Å². The Morgan fingerprint density at radius 3 is 2.37 bits per heavy atom. The van der Waals surface area contributed by atoms with Crippen LogP contribution in [0.4, 0.5) is 5.69 Å². The molecule has 140 valence electrons. The highest BCUT2D eigenvalue weighted by Crippen LogP contribution is 2.10. The summed E-state index contributed by atoms with van der Waals surface area (Å²) in [4.78, 5) is 24.0. The van der Waals surface area contributed by atoms with Gasteiger partial charge in [-0.3, -0.25) is 14.9 Å². The summed E-state index contributed by atoms with van der Waals surface area (Å²) in [5.41, 5.74) is 2.19. The van der Waals surface area contributed by atoms with Gasteiger partial charge in [-0.05, 0) is 61.5 Å². The molecule has 0 radical (unpaired) electrons. The van der Waals surface area contributed by atoms with E-state index >= 15 is 0 Å². The van der Waals surface area contributed by atoms with Crippen molar-refractivity contribution in [1.82, 2.24) is 10.6 Å². The number of carbonyl (C=O) groups is 2. The minimum atomic E-state index is -0.319. The second-order valence-electron chi connectivity index (χ2n) is 6.05. The number of hydrogen-bond donors (Lipinski definition) is 3. The fraction of sp³-hybridized carbons (Fsp3) is 0.190. The summed E-state index contributed by atoms with van der Waals surface area (Å²) in [6.45, 7) is 3.98. The van der Waals surface area contributed by atoms with E-state index in [0.29, 0.717) is 11.3 Å². The van der Waals surface area contributed by atoms with Crippen molar-refractivity contribution >= 4 is 40.9 Å². The zero-order valence-corrected chi connectivity index (χ0v) is 16.2. The Bertz CT molecular complexity index is 817. The van der Waals surface area contributed by atoms with Gasteiger partial charge in [0, 0.05) is 23.4 Å². The zero-order valence-electron chi connectivity index (χ0n) is 15.4. The van der Waals surface area contributed by atoms with Gasteiger partial charge in [0.25, 0.3) is 5.91 Å². The monoisotopic (exact) mass is 381 g/mol. The minimum Gasteiger partial charge on any atom is -0.350 e. The summed E-state index contributed by atoms with van der Waals surface area (Å²) in [5, 5.41) is 8.61. The molecule has 0 aliphatic heterocycles. The summed E-state index contributed by atoms with van der Waals surface area (Å²) in [7, 11) is 0. The van der Waals surface area contributed by atoms with Gasteiger partial charge in [-0.2, -0.15) is 0 Å². The highest BCUT2D eigenvalue weighted by Gasteiger charge is 2.08. The first-order valence-corrected chi connectivity index (χ1v) is 9.14. The fourth-order valence-corrected chi connectivity index (χ4v) is 2.38. The molecule has 5 nitrogen and oxygen atoms in total. The molecule has 0 spiro atoms. The quantitative estimate of drug-likeness (QED) is 0.527. The highest BCUT2D eigenvalue weighted by atomic mass is 32.1. The van der Waals surface area contributed by atoms with Gasteiger partial charge in [-0.15, -0.1) is 0 Å². The van der Waals surface area contributed by atoms with Crippen LogP contribution in [-0.2, 0) is 4.79 Å². The zero-order chi connectivity index (χ0) is 19.6. The molecule has 2 amide bonds. The maximum Gasteiger partial charge on any atom is 0.251 e. The predicted octanol–water partition coefficient (Wildman–Crippen LogP) is 3.74. The first-order chi connectivity index (χ1) is 13.0. The van der Waals surface area contributed by atoms with Crippen molar-refractivity contribution in [2.75, 3.05) is 5.32 Å². The molecule has 27 heavy (non-hydrogen) atoms. The summed E-state index contributed by atoms with van der Waals surface area (Å²) in [6.07, 6.45) is 4.01. The average Bonchev–Trinajstić information content (AvgIpc) is 2.67. The van der Waals surface area contributed by atoms with E-state index in [2.05, 4.69) is 16.0 Å². The lowest BCUT2D eigenvalue weighted by Gasteiger charge is -2.12. The number of rotatable bonds is 6. The van der Waals surface area contributed by atoms with Gasteiger partial charge in [-0.25, -0.2) is 0 Å². The van der Waals surface area contributed by atoms with Gasteiger partial charge in [0.05, 0.1) is 0 Å². The molecule has 2 aromatic rings. The highest BCUT2D eigenvalue weighted by molar-refractivity contribution is 7.80. The predicted molar refractivity (Wildman–Crippen MR) is 114 cm³/mol. The molecule has 2 aromatic carbocycles. The maximum absolute atomic E-state index is 12.1. The minimum absolute atomic E-state index is 0.113. The number of hydrogen-bond acceptors (Lipinski definition) is 3. The van der Waals surface area contributed by atoms with E-state index < -0.39 is 0 Å². The molecule has 2 rings (SSSR count). The largest absolute Gasteiger partial charge is 0.350 e. The van der Waals surface area contributed by atoms with E-state index in [1.807, 2.05) is 44.2 Å². The van der Waals surface area contributed by atoms with E-state index in [0.717, 1.165) is 12.0 Å². The van der Waals surface area contributed by atoms with Crippen molar-refractivity contribution in [3.05, 3.63) is 71.8 Å². The summed E-state index contributed by atoms with van der Waals surface area (Å²) in [5.74, 6) is -0.432. The number of carbonyl (C=O) groups excluding carboxylic acids is 2. The van der Waals surface area contributed by atoms with Crippen LogP contribution in [0.25, 0.3) is 6.08 Å². The lowest BCUT2D eigenvalue weighted by Crippen LogP contribution is -2.33. The van der Waals surface area contributed by atoms with Crippen LogP contribution in [-0.4, -0.2) is 23.0 Å². The normalized spacial score (nSPS) is 11.6. The Morgan fingerprint density at radius 2 is 1.74 bits per heavy atom. The Kier molecular flexibility index (Phi) is 7.70. The van der Waals surface area contributed by atoms with Crippen LogP contribution in [0.1, 0.15) is 36.2 Å². The lowest BCUT2D eigenvalue weighted by molar-refractivity contribution is -0.115. The number of nitrogens with one attached hydrogen (secondary N) is 3. The van der Waals surface area contributed by atoms with Gasteiger partial charge < -0.3 is 10.6 Å². The Balaban J connectivity index is 1.85. The molecule has 1 atom stereocenters. The molecular formula is C21H23N3O2S. The third-order valence-electron chi connectivity index (χ3n) is 3.86. The topological polar surface area (TPSA) is 70.2 Å². The Labute approximate surface area is 164 Å². The second kappa shape index (κ2) is 10.2. The molecule has 1 unspecified atom stereocenters. The average molecular weight is 382 g/mol. The van der Waals surface area contributed by atoms with Gasteiger partial charge >= 0.3 is 0 Å². The number of benzene rings is 2. The molecule has 0 fully saturated rings. The van der Waals surface area contributed by atoms with E-state index in [9.17, 15) is 9.59 Å². The Morgan fingerprint density at radius 1 is 1.07 bits per heavy atom. The SMILES string of the molecule is CCC(C)NC(=O)c1ccc(NC(=S)NC(=O)/C=C/c2ccccc2)cc1. The summed E-state index contributed by atoms with van der Waals surface area (Å²) in [6, 6.07) is 16.5. The first kappa shape index (κ1) is 20.3. The standard InChI is InChI=1S/C21H23N3O2S/c1-3-15(2)22-20(26)17-10-12-18(13-11-17)23-21(27)24-19(25)14-9-16-7-5-4-6-8-16/h4-15H,3H2,1-2H3,(H,22,26)(H2,23,24,25,27)/b14-9+. The molecule has 0 saturated carbocycles. The molecule has 0 bridgehead atoms. The number of amides is 2. The van der Waals surface area contributed by atoms with Crippen LogP contribution in [0.15, 0.2) is 60.7 Å². The molecule has 0 aliphatic carbocycles. The van der Waals surface area contributed by atoms with E-state index in [1.165, 1.54) is 6.08 Å². The van der Waals surface area contributed by atoms with Crippen molar-refractivity contribution in [2.24, 2.45) is 0 Å². The summed E-state index contributed by atoms with van der Waals surface area (Å²) < 4.78 is 0. The van der Waals surface area contributed by atoms with Crippen LogP contribution in [0, 0.1) is 0 Å². The van der Waals surface area contributed by atoms with Gasteiger partial charge in [-0.1, -0.05) is 37.3 Å². The van der Waals surface area contributed by atoms with Crippen LogP contribution in [0.3, 0.4) is 0 Å². The lowest BCUT2D eigenvalue weighted by atomic mass is 10.1. The van der Waals surface area contributed by atoms with Crippen LogP contribution in [0.5, 0.6) is 0 Å². The number of thiocarbonyl (C=S) groups is 1. The van der Waals surface area contributed by atoms with Crippen molar-refractivity contribution in [1.29, 1.82) is 0 Å². The van der Waals surface area contributed by atoms with Gasteiger partial charge in [0.1, 0.15) is 0 Å².